The Morgan fingerprint density at radius 1 is 1.26 bits per heavy atom. The third-order valence-corrected chi connectivity index (χ3v) is 4.09. The molecule has 4 heteroatoms. The van der Waals surface area contributed by atoms with Crippen molar-refractivity contribution in [3.63, 3.8) is 0 Å². The van der Waals surface area contributed by atoms with Crippen molar-refractivity contribution in [2.75, 3.05) is 13.1 Å². The average Bonchev–Trinajstić information content (AvgIpc) is 3.18. The SMILES string of the molecule is O=C(Cn1cccc1CNC1CC1)N1CCCCC1. The second-order valence-corrected chi connectivity index (χ2v) is 5.72. The first-order chi connectivity index (χ1) is 9.33. The minimum absolute atomic E-state index is 0.267. The number of likely N-dealkylation sites (tertiary alicyclic amines) is 1. The van der Waals surface area contributed by atoms with Gasteiger partial charge in [-0.25, -0.2) is 0 Å². The van der Waals surface area contributed by atoms with E-state index >= 15 is 0 Å². The van der Waals surface area contributed by atoms with Crippen molar-refractivity contribution in [1.29, 1.82) is 0 Å². The number of rotatable bonds is 5. The molecule has 0 spiro atoms. The van der Waals surface area contributed by atoms with E-state index in [1.54, 1.807) is 0 Å². The molecular weight excluding hydrogens is 238 g/mol. The van der Waals surface area contributed by atoms with Crippen LogP contribution in [0.15, 0.2) is 18.3 Å². The van der Waals surface area contributed by atoms with Crippen molar-refractivity contribution >= 4 is 5.91 Å². The predicted octanol–water partition coefficient (Wildman–Crippen LogP) is 1.75. The summed E-state index contributed by atoms with van der Waals surface area (Å²) in [6, 6.07) is 4.85. The van der Waals surface area contributed by atoms with Crippen molar-refractivity contribution in [2.45, 2.75) is 51.2 Å². The van der Waals surface area contributed by atoms with Crippen LogP contribution in [-0.2, 0) is 17.9 Å². The molecule has 1 aromatic rings. The molecule has 1 saturated heterocycles. The van der Waals surface area contributed by atoms with Gasteiger partial charge in [0.1, 0.15) is 6.54 Å². The van der Waals surface area contributed by atoms with Crippen LogP contribution in [0, 0.1) is 0 Å². The molecular formula is C15H23N3O. The first-order valence-electron chi connectivity index (χ1n) is 7.48. The number of hydrogen-bond donors (Lipinski definition) is 1. The molecule has 1 amide bonds. The summed E-state index contributed by atoms with van der Waals surface area (Å²) in [6.45, 7) is 3.26. The Morgan fingerprint density at radius 2 is 2.05 bits per heavy atom. The lowest BCUT2D eigenvalue weighted by Crippen LogP contribution is -2.38. The van der Waals surface area contributed by atoms with Crippen molar-refractivity contribution in [2.24, 2.45) is 0 Å². The van der Waals surface area contributed by atoms with Gasteiger partial charge in [0.05, 0.1) is 0 Å². The van der Waals surface area contributed by atoms with Crippen molar-refractivity contribution in [3.8, 4) is 0 Å². The van der Waals surface area contributed by atoms with E-state index in [2.05, 4.69) is 16.0 Å². The van der Waals surface area contributed by atoms with Gasteiger partial charge in [0.25, 0.3) is 0 Å². The minimum atomic E-state index is 0.267. The van der Waals surface area contributed by atoms with Crippen LogP contribution in [0.2, 0.25) is 0 Å². The Morgan fingerprint density at radius 3 is 2.79 bits per heavy atom. The number of aromatic nitrogens is 1. The molecule has 0 radical (unpaired) electrons. The van der Waals surface area contributed by atoms with Crippen molar-refractivity contribution in [1.82, 2.24) is 14.8 Å². The quantitative estimate of drug-likeness (QED) is 0.877. The molecule has 0 aromatic carbocycles. The van der Waals surface area contributed by atoms with Crippen LogP contribution in [0.3, 0.4) is 0 Å². The van der Waals surface area contributed by atoms with Crippen LogP contribution in [0.25, 0.3) is 0 Å². The number of carbonyl (C=O) groups excluding carboxylic acids is 1. The molecule has 1 saturated carbocycles. The van der Waals surface area contributed by atoms with Crippen LogP contribution in [0.4, 0.5) is 0 Å². The summed E-state index contributed by atoms with van der Waals surface area (Å²) in [7, 11) is 0. The van der Waals surface area contributed by atoms with E-state index in [9.17, 15) is 4.79 Å². The summed E-state index contributed by atoms with van der Waals surface area (Å²) in [5.41, 5.74) is 1.22. The maximum absolute atomic E-state index is 12.3. The zero-order valence-corrected chi connectivity index (χ0v) is 11.5. The Bertz CT molecular complexity index is 430. The van der Waals surface area contributed by atoms with Crippen molar-refractivity contribution < 1.29 is 4.79 Å². The van der Waals surface area contributed by atoms with Gasteiger partial charge in [-0.15, -0.1) is 0 Å². The van der Waals surface area contributed by atoms with Gasteiger partial charge in [-0.2, -0.15) is 0 Å². The molecule has 0 unspecified atom stereocenters. The third kappa shape index (κ3) is 3.38. The maximum atomic E-state index is 12.3. The van der Waals surface area contributed by atoms with E-state index in [1.807, 2.05) is 17.2 Å². The molecule has 2 aliphatic rings. The molecule has 1 aromatic heterocycles. The second kappa shape index (κ2) is 5.78. The van der Waals surface area contributed by atoms with E-state index in [1.165, 1.54) is 25.0 Å². The first-order valence-corrected chi connectivity index (χ1v) is 7.48. The van der Waals surface area contributed by atoms with E-state index in [-0.39, 0.29) is 5.91 Å². The molecule has 2 fully saturated rings. The highest BCUT2D eigenvalue weighted by atomic mass is 16.2. The Balaban J connectivity index is 1.55. The largest absolute Gasteiger partial charge is 0.341 e. The predicted molar refractivity (Wildman–Crippen MR) is 74.7 cm³/mol. The molecule has 2 heterocycles. The van der Waals surface area contributed by atoms with Gasteiger partial charge in [-0.3, -0.25) is 4.79 Å². The Kier molecular flexibility index (Phi) is 3.87. The number of carbonyl (C=O) groups is 1. The summed E-state index contributed by atoms with van der Waals surface area (Å²) < 4.78 is 2.09. The van der Waals surface area contributed by atoms with Crippen LogP contribution >= 0.6 is 0 Å². The van der Waals surface area contributed by atoms with Gasteiger partial charge in [-0.05, 0) is 44.2 Å². The van der Waals surface area contributed by atoms with Gasteiger partial charge in [0.15, 0.2) is 0 Å². The normalized spacial score (nSPS) is 19.7. The van der Waals surface area contributed by atoms with Crippen LogP contribution in [0.5, 0.6) is 0 Å². The van der Waals surface area contributed by atoms with Crippen LogP contribution in [0.1, 0.15) is 37.8 Å². The average molecular weight is 261 g/mol. The maximum Gasteiger partial charge on any atom is 0.242 e. The lowest BCUT2D eigenvalue weighted by atomic mass is 10.1. The van der Waals surface area contributed by atoms with E-state index in [0.29, 0.717) is 12.6 Å². The standard InChI is InChI=1S/C15H23N3O/c19-15(17-8-2-1-3-9-17)12-18-10-4-5-14(18)11-16-13-6-7-13/h4-5,10,13,16H,1-3,6-9,11-12H2. The highest BCUT2D eigenvalue weighted by Crippen LogP contribution is 2.19. The monoisotopic (exact) mass is 261 g/mol. The van der Waals surface area contributed by atoms with E-state index in [4.69, 9.17) is 0 Å². The topological polar surface area (TPSA) is 37.3 Å². The fourth-order valence-electron chi connectivity index (χ4n) is 2.69. The summed E-state index contributed by atoms with van der Waals surface area (Å²) in [5, 5.41) is 3.51. The van der Waals surface area contributed by atoms with Crippen LogP contribution in [-0.4, -0.2) is 34.5 Å². The number of hydrogen-bond acceptors (Lipinski definition) is 2. The molecule has 104 valence electrons. The van der Waals surface area contributed by atoms with E-state index < -0.39 is 0 Å². The smallest absolute Gasteiger partial charge is 0.242 e. The molecule has 1 aliphatic heterocycles. The summed E-state index contributed by atoms with van der Waals surface area (Å²) in [6.07, 6.45) is 8.21. The lowest BCUT2D eigenvalue weighted by Gasteiger charge is -2.27. The molecule has 3 rings (SSSR count). The van der Waals surface area contributed by atoms with Gasteiger partial charge in [-0.1, -0.05) is 0 Å². The summed E-state index contributed by atoms with van der Waals surface area (Å²) in [4.78, 5) is 14.3. The summed E-state index contributed by atoms with van der Waals surface area (Å²) in [5.74, 6) is 0.267. The van der Waals surface area contributed by atoms with Crippen molar-refractivity contribution in [3.05, 3.63) is 24.0 Å². The van der Waals surface area contributed by atoms with Gasteiger partial charge < -0.3 is 14.8 Å². The van der Waals surface area contributed by atoms with Gasteiger partial charge in [0.2, 0.25) is 5.91 Å². The first kappa shape index (κ1) is 12.7. The number of nitrogens with zero attached hydrogens (tertiary/aromatic N) is 2. The van der Waals surface area contributed by atoms with E-state index in [0.717, 1.165) is 32.5 Å². The Hall–Kier alpha value is -1.29. The fourth-order valence-corrected chi connectivity index (χ4v) is 2.69. The minimum Gasteiger partial charge on any atom is -0.341 e. The van der Waals surface area contributed by atoms with Crippen LogP contribution < -0.4 is 5.32 Å². The number of nitrogens with one attached hydrogen (secondary N) is 1. The number of amides is 1. The third-order valence-electron chi connectivity index (χ3n) is 4.09. The molecule has 1 aliphatic carbocycles. The highest BCUT2D eigenvalue weighted by molar-refractivity contribution is 5.76. The molecule has 0 atom stereocenters. The summed E-state index contributed by atoms with van der Waals surface area (Å²) >= 11 is 0. The lowest BCUT2D eigenvalue weighted by molar-refractivity contribution is -0.132. The van der Waals surface area contributed by atoms with Gasteiger partial charge >= 0.3 is 0 Å². The highest BCUT2D eigenvalue weighted by Gasteiger charge is 2.21. The Labute approximate surface area is 114 Å². The van der Waals surface area contributed by atoms with Gasteiger partial charge in [0, 0.05) is 37.6 Å². The fraction of sp³-hybridized carbons (Fsp3) is 0.667. The number of piperidine rings is 1. The molecule has 1 N–H and O–H groups in total. The molecule has 0 bridgehead atoms. The molecule has 4 nitrogen and oxygen atoms in total. The zero-order chi connectivity index (χ0) is 13.1. The second-order valence-electron chi connectivity index (χ2n) is 5.72. The molecule has 19 heavy (non-hydrogen) atoms. The zero-order valence-electron chi connectivity index (χ0n) is 11.5.